The van der Waals surface area contributed by atoms with Crippen LogP contribution >= 0.6 is 11.6 Å². The molecule has 0 N–H and O–H groups in total. The molecule has 0 fully saturated rings. The Labute approximate surface area is 201 Å². The number of methoxy groups -OCH3 is 1. The molecule has 1 aromatic carbocycles. The number of halogens is 1. The van der Waals surface area contributed by atoms with Gasteiger partial charge in [0.15, 0.2) is 5.82 Å². The third-order valence-electron chi connectivity index (χ3n) is 4.48. The Morgan fingerprint density at radius 1 is 1.00 bits per heavy atom. The summed E-state index contributed by atoms with van der Waals surface area (Å²) < 4.78 is 17.4. The Morgan fingerprint density at radius 3 is 2.06 bits per heavy atom. The SMILES string of the molecule is COC(=O)c1cc2c(cc1Cl)nc(N(C(=O)OC(C)(C)C)C(=O)OC(C)(C)C)c1c(C)ncn12. The Morgan fingerprint density at radius 2 is 1.56 bits per heavy atom. The van der Waals surface area contributed by atoms with Gasteiger partial charge < -0.3 is 14.2 Å². The molecule has 0 bridgehead atoms. The second-order valence-electron chi connectivity index (χ2n) is 9.59. The van der Waals surface area contributed by atoms with E-state index in [4.69, 9.17) is 25.8 Å². The van der Waals surface area contributed by atoms with Crippen molar-refractivity contribution in [3.63, 3.8) is 0 Å². The summed E-state index contributed by atoms with van der Waals surface area (Å²) in [5, 5.41) is 0.0927. The van der Waals surface area contributed by atoms with E-state index >= 15 is 0 Å². The number of benzene rings is 1. The van der Waals surface area contributed by atoms with Crippen LogP contribution in [0.5, 0.6) is 0 Å². The highest BCUT2D eigenvalue weighted by molar-refractivity contribution is 6.34. The summed E-state index contributed by atoms with van der Waals surface area (Å²) >= 11 is 6.30. The minimum absolute atomic E-state index is 0.0483. The van der Waals surface area contributed by atoms with Gasteiger partial charge in [0.25, 0.3) is 0 Å². The van der Waals surface area contributed by atoms with Gasteiger partial charge in [-0.15, -0.1) is 0 Å². The van der Waals surface area contributed by atoms with Crippen LogP contribution in [0.25, 0.3) is 16.6 Å². The predicted octanol–water partition coefficient (Wildman–Crippen LogP) is 5.31. The molecular formula is C23H27ClN4O6. The molecule has 0 aliphatic rings. The molecule has 0 spiro atoms. The van der Waals surface area contributed by atoms with Gasteiger partial charge in [0.1, 0.15) is 23.0 Å². The first-order valence-electron chi connectivity index (χ1n) is 10.4. The van der Waals surface area contributed by atoms with Gasteiger partial charge in [-0.25, -0.2) is 24.4 Å². The monoisotopic (exact) mass is 490 g/mol. The number of aromatic nitrogens is 3. The van der Waals surface area contributed by atoms with E-state index in [1.54, 1.807) is 52.9 Å². The molecule has 0 aliphatic heterocycles. The van der Waals surface area contributed by atoms with Crippen LogP contribution in [0.1, 0.15) is 57.6 Å². The number of ether oxygens (including phenoxy) is 3. The zero-order chi connectivity index (χ0) is 25.6. The van der Waals surface area contributed by atoms with Crippen molar-refractivity contribution in [1.29, 1.82) is 0 Å². The Hall–Kier alpha value is -3.40. The number of fused-ring (bicyclic) bond motifs is 3. The topological polar surface area (TPSA) is 112 Å². The molecule has 0 radical (unpaired) electrons. The van der Waals surface area contributed by atoms with Crippen molar-refractivity contribution in [2.24, 2.45) is 0 Å². The van der Waals surface area contributed by atoms with E-state index in [-0.39, 0.29) is 16.4 Å². The summed E-state index contributed by atoms with van der Waals surface area (Å²) in [7, 11) is 1.25. The summed E-state index contributed by atoms with van der Waals surface area (Å²) in [6.45, 7) is 11.8. The number of esters is 1. The first kappa shape index (κ1) is 25.2. The van der Waals surface area contributed by atoms with E-state index in [2.05, 4.69) is 9.97 Å². The van der Waals surface area contributed by atoms with Gasteiger partial charge in [0.2, 0.25) is 0 Å². The average molecular weight is 491 g/mol. The third kappa shape index (κ3) is 5.06. The molecule has 2 aromatic heterocycles. The lowest BCUT2D eigenvalue weighted by atomic mass is 10.2. The van der Waals surface area contributed by atoms with Crippen LogP contribution in [0.3, 0.4) is 0 Å². The molecule has 3 aromatic rings. The number of imidazole rings is 1. The maximum absolute atomic E-state index is 13.2. The molecule has 0 unspecified atom stereocenters. The van der Waals surface area contributed by atoms with Gasteiger partial charge in [-0.3, -0.25) is 4.40 Å². The fourth-order valence-electron chi connectivity index (χ4n) is 3.18. The maximum atomic E-state index is 13.2. The molecule has 0 atom stereocenters. The van der Waals surface area contributed by atoms with E-state index in [1.165, 1.54) is 25.6 Å². The zero-order valence-electron chi connectivity index (χ0n) is 20.3. The van der Waals surface area contributed by atoms with Crippen molar-refractivity contribution in [3.05, 3.63) is 34.7 Å². The number of nitrogens with zero attached hydrogens (tertiary/aromatic N) is 4. The van der Waals surface area contributed by atoms with Crippen molar-refractivity contribution in [2.75, 3.05) is 12.0 Å². The second-order valence-corrected chi connectivity index (χ2v) is 10.00. The summed E-state index contributed by atoms with van der Waals surface area (Å²) in [6, 6.07) is 2.96. The number of hydrogen-bond donors (Lipinski definition) is 0. The lowest BCUT2D eigenvalue weighted by Gasteiger charge is -2.28. The van der Waals surface area contributed by atoms with Crippen LogP contribution in [-0.2, 0) is 14.2 Å². The minimum Gasteiger partial charge on any atom is -0.465 e. The Balaban J connectivity index is 2.33. The van der Waals surface area contributed by atoms with Crippen LogP contribution in [0, 0.1) is 6.92 Å². The van der Waals surface area contributed by atoms with E-state index in [0.717, 1.165) is 4.90 Å². The number of hydrogen-bond acceptors (Lipinski definition) is 8. The third-order valence-corrected chi connectivity index (χ3v) is 4.79. The average Bonchev–Trinajstić information content (AvgIpc) is 3.06. The number of rotatable bonds is 2. The largest absolute Gasteiger partial charge is 0.465 e. The van der Waals surface area contributed by atoms with Crippen molar-refractivity contribution < 1.29 is 28.6 Å². The highest BCUT2D eigenvalue weighted by Crippen LogP contribution is 2.32. The smallest absolute Gasteiger partial charge is 0.425 e. The summed E-state index contributed by atoms with van der Waals surface area (Å²) in [4.78, 5) is 48.2. The standard InChI is InChI=1S/C23H27ClN4O6/c1-12-17-18(28(20(30)33-22(2,3)4)21(31)34-23(5,6)7)26-15-10-14(24)13(19(29)32-8)9-16(15)27(17)11-25-12/h9-11H,1-8H3. The molecule has 2 amide bonds. The van der Waals surface area contributed by atoms with Crippen molar-refractivity contribution >= 4 is 52.1 Å². The summed E-state index contributed by atoms with van der Waals surface area (Å²) in [6.07, 6.45) is -0.433. The zero-order valence-corrected chi connectivity index (χ0v) is 21.1. The quantitative estimate of drug-likeness (QED) is 0.351. The van der Waals surface area contributed by atoms with E-state index in [9.17, 15) is 14.4 Å². The van der Waals surface area contributed by atoms with Gasteiger partial charge in [0.05, 0.1) is 34.4 Å². The second kappa shape index (κ2) is 8.75. The summed E-state index contributed by atoms with van der Waals surface area (Å²) in [5.74, 6) is -0.669. The van der Waals surface area contributed by atoms with Crippen LogP contribution < -0.4 is 4.90 Å². The molecule has 2 heterocycles. The van der Waals surface area contributed by atoms with E-state index in [1.807, 2.05) is 0 Å². The fourth-order valence-corrected chi connectivity index (χ4v) is 3.41. The highest BCUT2D eigenvalue weighted by atomic mass is 35.5. The van der Waals surface area contributed by atoms with E-state index < -0.39 is 29.4 Å². The molecule has 0 saturated heterocycles. The number of anilines is 1. The Kier molecular flexibility index (Phi) is 6.49. The maximum Gasteiger partial charge on any atom is 0.425 e. The molecule has 11 heteroatoms. The molecule has 34 heavy (non-hydrogen) atoms. The molecular weight excluding hydrogens is 464 g/mol. The molecule has 182 valence electrons. The van der Waals surface area contributed by atoms with Crippen LogP contribution in [0.2, 0.25) is 5.02 Å². The van der Waals surface area contributed by atoms with Crippen LogP contribution in [0.15, 0.2) is 18.5 Å². The first-order chi connectivity index (χ1) is 15.6. The van der Waals surface area contributed by atoms with Gasteiger partial charge in [0, 0.05) is 0 Å². The van der Waals surface area contributed by atoms with Gasteiger partial charge in [-0.2, -0.15) is 4.90 Å². The van der Waals surface area contributed by atoms with Crippen molar-refractivity contribution in [1.82, 2.24) is 14.4 Å². The Bertz CT molecular complexity index is 1270. The van der Waals surface area contributed by atoms with Crippen LogP contribution in [0.4, 0.5) is 15.4 Å². The van der Waals surface area contributed by atoms with Gasteiger partial charge in [-0.1, -0.05) is 11.6 Å². The molecule has 3 rings (SSSR count). The lowest BCUT2D eigenvalue weighted by molar-refractivity contribution is 0.0428. The number of carbonyl (C=O) groups excluding carboxylic acids is 3. The van der Waals surface area contributed by atoms with Gasteiger partial charge >= 0.3 is 18.2 Å². The van der Waals surface area contributed by atoms with Crippen molar-refractivity contribution in [3.8, 4) is 0 Å². The van der Waals surface area contributed by atoms with E-state index in [0.29, 0.717) is 22.2 Å². The van der Waals surface area contributed by atoms with Crippen molar-refractivity contribution in [2.45, 2.75) is 59.7 Å². The fraction of sp³-hybridized carbons (Fsp3) is 0.435. The number of carbonyl (C=O) groups is 3. The normalized spacial score (nSPS) is 12.0. The lowest BCUT2D eigenvalue weighted by Crippen LogP contribution is -2.44. The van der Waals surface area contributed by atoms with Gasteiger partial charge in [-0.05, 0) is 60.6 Å². The molecule has 0 saturated carbocycles. The summed E-state index contributed by atoms with van der Waals surface area (Å²) in [5.41, 5.74) is -0.0441. The molecule has 0 aliphatic carbocycles. The number of amides is 2. The molecule has 10 nitrogen and oxygen atoms in total. The number of aryl methyl sites for hydroxylation is 1. The first-order valence-corrected chi connectivity index (χ1v) is 10.8. The highest BCUT2D eigenvalue weighted by Gasteiger charge is 2.36. The minimum atomic E-state index is -0.964. The predicted molar refractivity (Wildman–Crippen MR) is 127 cm³/mol. The number of imide groups is 1. The van der Waals surface area contributed by atoms with Crippen LogP contribution in [-0.4, -0.2) is 50.8 Å².